The maximum absolute atomic E-state index is 11.4. The fourth-order valence-corrected chi connectivity index (χ4v) is 2.62. The van der Waals surface area contributed by atoms with Gasteiger partial charge in [0.2, 0.25) is 5.91 Å². The number of non-ortho nitro benzene ring substituents is 1. The number of nitrogens with zero attached hydrogens (tertiary/aromatic N) is 1. The monoisotopic (exact) mass is 313 g/mol. The molecule has 1 fully saturated rings. The zero-order valence-electron chi connectivity index (χ0n) is 11.3. The molecule has 114 valence electrons. The molecular formula is C13H16ClN3O4. The molecule has 8 heteroatoms. The van der Waals surface area contributed by atoms with Crippen LogP contribution in [0.15, 0.2) is 18.2 Å². The van der Waals surface area contributed by atoms with E-state index in [-0.39, 0.29) is 29.0 Å². The average Bonchev–Trinajstić information content (AvgIpc) is 2.41. The largest absolute Gasteiger partial charge is 0.489 e. The lowest BCUT2D eigenvalue weighted by atomic mass is 9.80. The maximum Gasteiger partial charge on any atom is 0.273 e. The van der Waals surface area contributed by atoms with Crippen molar-refractivity contribution in [3.8, 4) is 5.75 Å². The normalized spacial score (nSPS) is 25.3. The Morgan fingerprint density at radius 3 is 2.86 bits per heavy atom. The molecule has 1 aromatic carbocycles. The zero-order chi connectivity index (χ0) is 15.6. The summed E-state index contributed by atoms with van der Waals surface area (Å²) in [6.45, 7) is 0. The number of carbonyl (C=O) groups is 1. The van der Waals surface area contributed by atoms with Gasteiger partial charge in [-0.1, -0.05) is 11.6 Å². The van der Waals surface area contributed by atoms with Crippen molar-refractivity contribution in [1.29, 1.82) is 0 Å². The standard InChI is InChI=1S/C13H16ClN3O4/c14-10-4-3-8(17(19)20)6-11(10)21-9-2-1-5-13(16,7-9)12(15)18/h3-4,6,9H,1-2,5,7,16H2,(H2,15,18). The molecule has 1 saturated carbocycles. The first-order valence-corrected chi connectivity index (χ1v) is 6.89. The Hall–Kier alpha value is -1.86. The van der Waals surface area contributed by atoms with E-state index in [1.54, 1.807) is 0 Å². The number of benzene rings is 1. The van der Waals surface area contributed by atoms with Gasteiger partial charge >= 0.3 is 0 Å². The first kappa shape index (κ1) is 15.5. The van der Waals surface area contributed by atoms with E-state index in [4.69, 9.17) is 27.8 Å². The van der Waals surface area contributed by atoms with Crippen molar-refractivity contribution in [1.82, 2.24) is 0 Å². The summed E-state index contributed by atoms with van der Waals surface area (Å²) in [5.41, 5.74) is 10.1. The molecule has 0 bridgehead atoms. The predicted octanol–water partition coefficient (Wildman–Crippen LogP) is 1.75. The van der Waals surface area contributed by atoms with E-state index >= 15 is 0 Å². The molecule has 0 heterocycles. The minimum Gasteiger partial charge on any atom is -0.489 e. The van der Waals surface area contributed by atoms with Crippen LogP contribution in [0.5, 0.6) is 5.75 Å². The Labute approximate surface area is 126 Å². The molecule has 1 aliphatic carbocycles. The molecule has 2 rings (SSSR count). The fraction of sp³-hybridized carbons (Fsp3) is 0.462. The van der Waals surface area contributed by atoms with Crippen LogP contribution in [-0.2, 0) is 4.79 Å². The number of nitro groups is 1. The topological polar surface area (TPSA) is 121 Å². The van der Waals surface area contributed by atoms with Crippen LogP contribution in [0.25, 0.3) is 0 Å². The average molecular weight is 314 g/mol. The number of amides is 1. The van der Waals surface area contributed by atoms with E-state index in [1.807, 2.05) is 0 Å². The summed E-state index contributed by atoms with van der Waals surface area (Å²) in [6.07, 6.45) is 1.80. The Bertz CT molecular complexity index is 581. The molecule has 7 nitrogen and oxygen atoms in total. The Balaban J connectivity index is 2.16. The second-order valence-electron chi connectivity index (χ2n) is 5.23. The Morgan fingerprint density at radius 2 is 2.24 bits per heavy atom. The van der Waals surface area contributed by atoms with Crippen LogP contribution in [-0.4, -0.2) is 22.5 Å². The summed E-state index contributed by atoms with van der Waals surface area (Å²) in [6, 6.07) is 3.97. The molecule has 0 aromatic heterocycles. The van der Waals surface area contributed by atoms with Gasteiger partial charge in [-0.05, 0) is 25.3 Å². The number of ether oxygens (including phenoxy) is 1. The van der Waals surface area contributed by atoms with Crippen LogP contribution in [0.3, 0.4) is 0 Å². The van der Waals surface area contributed by atoms with Gasteiger partial charge in [-0.15, -0.1) is 0 Å². The third-order valence-corrected chi connectivity index (χ3v) is 3.96. The number of nitrogens with two attached hydrogens (primary N) is 2. The summed E-state index contributed by atoms with van der Waals surface area (Å²) in [7, 11) is 0. The maximum atomic E-state index is 11.4. The molecule has 0 saturated heterocycles. The first-order chi connectivity index (χ1) is 9.82. The van der Waals surface area contributed by atoms with Gasteiger partial charge < -0.3 is 16.2 Å². The zero-order valence-corrected chi connectivity index (χ0v) is 12.0. The Kier molecular flexibility index (Phi) is 4.34. The van der Waals surface area contributed by atoms with Gasteiger partial charge in [-0.25, -0.2) is 0 Å². The third-order valence-electron chi connectivity index (χ3n) is 3.65. The van der Waals surface area contributed by atoms with E-state index in [9.17, 15) is 14.9 Å². The molecule has 21 heavy (non-hydrogen) atoms. The predicted molar refractivity (Wildman–Crippen MR) is 77.1 cm³/mol. The second kappa shape index (κ2) is 5.87. The van der Waals surface area contributed by atoms with Crippen molar-refractivity contribution in [3.05, 3.63) is 33.3 Å². The molecule has 2 unspecified atom stereocenters. The summed E-state index contributed by atoms with van der Waals surface area (Å²) in [4.78, 5) is 21.7. The number of primary amides is 1. The van der Waals surface area contributed by atoms with Crippen LogP contribution in [0.4, 0.5) is 5.69 Å². The van der Waals surface area contributed by atoms with Gasteiger partial charge in [0, 0.05) is 12.5 Å². The van der Waals surface area contributed by atoms with E-state index in [2.05, 4.69) is 0 Å². The van der Waals surface area contributed by atoms with Crippen LogP contribution in [0.1, 0.15) is 25.7 Å². The van der Waals surface area contributed by atoms with Gasteiger partial charge in [-0.3, -0.25) is 14.9 Å². The van der Waals surface area contributed by atoms with Crippen molar-refractivity contribution in [2.24, 2.45) is 11.5 Å². The van der Waals surface area contributed by atoms with E-state index in [1.165, 1.54) is 18.2 Å². The van der Waals surface area contributed by atoms with Gasteiger partial charge in [0.05, 0.1) is 21.6 Å². The van der Waals surface area contributed by atoms with E-state index in [0.29, 0.717) is 19.3 Å². The van der Waals surface area contributed by atoms with E-state index < -0.39 is 16.4 Å². The summed E-state index contributed by atoms with van der Waals surface area (Å²) < 4.78 is 5.70. The molecule has 4 N–H and O–H groups in total. The summed E-state index contributed by atoms with van der Waals surface area (Å²) in [5.74, 6) is -0.356. The first-order valence-electron chi connectivity index (χ1n) is 6.51. The van der Waals surface area contributed by atoms with Gasteiger partial charge in [0.1, 0.15) is 11.9 Å². The van der Waals surface area contributed by atoms with Crippen molar-refractivity contribution >= 4 is 23.2 Å². The van der Waals surface area contributed by atoms with Crippen LogP contribution < -0.4 is 16.2 Å². The molecular weight excluding hydrogens is 298 g/mol. The molecule has 0 spiro atoms. The summed E-state index contributed by atoms with van der Waals surface area (Å²) in [5, 5.41) is 11.0. The molecule has 1 aliphatic rings. The second-order valence-corrected chi connectivity index (χ2v) is 5.64. The van der Waals surface area contributed by atoms with E-state index in [0.717, 1.165) is 0 Å². The number of carbonyl (C=O) groups excluding carboxylic acids is 1. The number of halogens is 1. The molecule has 0 aliphatic heterocycles. The highest BCUT2D eigenvalue weighted by Crippen LogP contribution is 2.34. The lowest BCUT2D eigenvalue weighted by molar-refractivity contribution is -0.384. The lowest BCUT2D eigenvalue weighted by Gasteiger charge is -2.35. The molecule has 2 atom stereocenters. The van der Waals surface area contributed by atoms with Crippen molar-refractivity contribution in [2.45, 2.75) is 37.3 Å². The molecule has 1 amide bonds. The lowest BCUT2D eigenvalue weighted by Crippen LogP contribution is -2.56. The summed E-state index contributed by atoms with van der Waals surface area (Å²) >= 11 is 5.98. The molecule has 1 aromatic rings. The van der Waals surface area contributed by atoms with Crippen LogP contribution in [0, 0.1) is 10.1 Å². The SMILES string of the molecule is NC(=O)C1(N)CCCC(Oc2cc([N+](=O)[O-])ccc2Cl)C1. The van der Waals surface area contributed by atoms with Crippen molar-refractivity contribution in [2.75, 3.05) is 0 Å². The number of hydrogen-bond acceptors (Lipinski definition) is 5. The minimum atomic E-state index is -1.10. The highest BCUT2D eigenvalue weighted by Gasteiger charge is 2.39. The highest BCUT2D eigenvalue weighted by molar-refractivity contribution is 6.32. The van der Waals surface area contributed by atoms with Gasteiger partial charge in [0.15, 0.2) is 0 Å². The van der Waals surface area contributed by atoms with Crippen LogP contribution in [0.2, 0.25) is 5.02 Å². The van der Waals surface area contributed by atoms with Crippen molar-refractivity contribution in [3.63, 3.8) is 0 Å². The Morgan fingerprint density at radius 1 is 1.52 bits per heavy atom. The van der Waals surface area contributed by atoms with Gasteiger partial charge in [-0.2, -0.15) is 0 Å². The quantitative estimate of drug-likeness (QED) is 0.647. The van der Waals surface area contributed by atoms with Crippen molar-refractivity contribution < 1.29 is 14.5 Å². The number of nitro benzene ring substituents is 1. The smallest absolute Gasteiger partial charge is 0.273 e. The fourth-order valence-electron chi connectivity index (χ4n) is 2.46. The number of hydrogen-bond donors (Lipinski definition) is 2. The van der Waals surface area contributed by atoms with Gasteiger partial charge in [0.25, 0.3) is 5.69 Å². The highest BCUT2D eigenvalue weighted by atomic mass is 35.5. The molecule has 0 radical (unpaired) electrons. The third kappa shape index (κ3) is 3.43. The minimum absolute atomic E-state index is 0.112. The van der Waals surface area contributed by atoms with Crippen LogP contribution >= 0.6 is 11.6 Å². The number of rotatable bonds is 4.